The lowest BCUT2D eigenvalue weighted by atomic mass is 10.3. The van der Waals surface area contributed by atoms with Gasteiger partial charge in [-0.1, -0.05) is 6.04 Å². The average Bonchev–Trinajstić information content (AvgIpc) is 2.06. The zero-order chi connectivity index (χ0) is 11.1. The predicted octanol–water partition coefficient (Wildman–Crippen LogP) is 1.68. The largest absolute Gasteiger partial charge is 0.433 e. The maximum absolute atomic E-state index is 12.2. The molecule has 1 heterocycles. The molecule has 0 radical (unpaired) electrons. The third kappa shape index (κ3) is 1.83. The van der Waals surface area contributed by atoms with Crippen LogP contribution in [0.5, 0.6) is 0 Å². The van der Waals surface area contributed by atoms with E-state index >= 15 is 0 Å². The van der Waals surface area contributed by atoms with Gasteiger partial charge in [-0.3, -0.25) is 0 Å². The Balaban J connectivity index is 3.49. The number of nitrogens with two attached hydrogens (primary N) is 1. The zero-order valence-electron chi connectivity index (χ0n) is 8.16. The number of pyridine rings is 1. The molecule has 0 aliphatic heterocycles. The highest BCUT2D eigenvalue weighted by molar-refractivity contribution is 5.29. The molecule has 0 spiro atoms. The van der Waals surface area contributed by atoms with E-state index in [-0.39, 0.29) is 0 Å². The Hall–Kier alpha value is -1.26. The van der Waals surface area contributed by atoms with E-state index in [1.165, 1.54) is 0 Å². The molecule has 0 bridgehead atoms. The van der Waals surface area contributed by atoms with Crippen molar-refractivity contribution in [1.82, 2.24) is 4.98 Å². The molecule has 0 unspecified atom stereocenters. The number of nitrogen functional groups attached to an aromatic ring is 1. The lowest BCUT2D eigenvalue weighted by molar-refractivity contribution is -0.141. The molecule has 1 rings (SSSR count). The highest BCUT2D eigenvalue weighted by Gasteiger charge is 2.32. The van der Waals surface area contributed by atoms with E-state index in [0.717, 1.165) is 0 Å². The number of halogens is 3. The molecule has 1 aromatic rings. The van der Waals surface area contributed by atoms with Crippen LogP contribution >= 0.6 is 0 Å². The molecule has 2 nitrogen and oxygen atoms in total. The number of nitrogens with zero attached hydrogens (tertiary/aromatic N) is 1. The molecule has 0 amide bonds. The number of rotatable bonds is 0. The maximum atomic E-state index is 12.2. The third-order valence-corrected chi connectivity index (χ3v) is 0.872. The van der Waals surface area contributed by atoms with Gasteiger partial charge in [0, 0.05) is 0 Å². The van der Waals surface area contributed by atoms with E-state index < -0.39 is 35.8 Å². The van der Waals surface area contributed by atoms with Crippen molar-refractivity contribution >= 4 is 5.82 Å². The summed E-state index contributed by atoms with van der Waals surface area (Å²) in [6, 6.07) is -2.66. The fourth-order valence-corrected chi connectivity index (χ4v) is 0.465. The molecule has 60 valence electrons. The molecule has 0 aromatic carbocycles. The van der Waals surface area contributed by atoms with Gasteiger partial charge in [-0.15, -0.1) is 0 Å². The summed E-state index contributed by atoms with van der Waals surface area (Å²) in [6.07, 6.45) is -4.82. The first-order valence-corrected chi connectivity index (χ1v) is 2.55. The van der Waals surface area contributed by atoms with E-state index in [1.54, 1.807) is 0 Å². The van der Waals surface area contributed by atoms with Crippen molar-refractivity contribution < 1.29 is 17.3 Å². The van der Waals surface area contributed by atoms with E-state index in [1.807, 2.05) is 0 Å². The average molecular weight is 165 g/mol. The summed E-state index contributed by atoms with van der Waals surface area (Å²) in [6.45, 7) is 0. The molecule has 0 aliphatic carbocycles. The van der Waals surface area contributed by atoms with Crippen molar-refractivity contribution in [1.29, 1.82) is 0 Å². The molecule has 0 fully saturated rings. The fraction of sp³-hybridized carbons (Fsp3) is 0.167. The first-order chi connectivity index (χ1) is 6.25. The molecule has 0 saturated carbocycles. The van der Waals surface area contributed by atoms with Crippen LogP contribution < -0.4 is 5.73 Å². The van der Waals surface area contributed by atoms with Crippen molar-refractivity contribution in [2.24, 2.45) is 0 Å². The summed E-state index contributed by atoms with van der Waals surface area (Å²) in [5.74, 6) is -0.696. The van der Waals surface area contributed by atoms with Gasteiger partial charge in [-0.05, 0) is 12.1 Å². The second-order valence-corrected chi connectivity index (χ2v) is 1.72. The topological polar surface area (TPSA) is 38.9 Å². The van der Waals surface area contributed by atoms with Gasteiger partial charge < -0.3 is 5.73 Å². The van der Waals surface area contributed by atoms with Gasteiger partial charge >= 0.3 is 6.18 Å². The molecular formula is C6H5F3N2. The lowest BCUT2D eigenvalue weighted by Crippen LogP contribution is -2.08. The van der Waals surface area contributed by atoms with E-state index in [0.29, 0.717) is 0 Å². The van der Waals surface area contributed by atoms with Crippen LogP contribution in [0, 0.1) is 0 Å². The Kier molecular flexibility index (Phi) is 1.00. The standard InChI is InChI=1S/C6H5F3N2/c7-6(8,9)4-2-1-3-5(10)11-4/h1-3H,(H2,10,11)/i1D,2D,3D. The van der Waals surface area contributed by atoms with Gasteiger partial charge in [0.15, 0.2) is 0 Å². The predicted molar refractivity (Wildman–Crippen MR) is 33.7 cm³/mol. The van der Waals surface area contributed by atoms with Crippen molar-refractivity contribution in [2.75, 3.05) is 5.73 Å². The zero-order valence-corrected chi connectivity index (χ0v) is 5.16. The normalized spacial score (nSPS) is 15.4. The lowest BCUT2D eigenvalue weighted by Gasteiger charge is -2.04. The Bertz CT molecular complexity index is 378. The quantitative estimate of drug-likeness (QED) is 0.635. The fourth-order valence-electron chi connectivity index (χ4n) is 0.465. The highest BCUT2D eigenvalue weighted by atomic mass is 19.4. The Morgan fingerprint density at radius 1 is 1.45 bits per heavy atom. The van der Waals surface area contributed by atoms with Crippen LogP contribution in [0.3, 0.4) is 0 Å². The number of hydrogen-bond donors (Lipinski definition) is 1. The Labute approximate surface area is 65.1 Å². The second-order valence-electron chi connectivity index (χ2n) is 1.72. The molecule has 11 heavy (non-hydrogen) atoms. The summed E-state index contributed by atoms with van der Waals surface area (Å²) in [7, 11) is 0. The summed E-state index contributed by atoms with van der Waals surface area (Å²) < 4.78 is 57.5. The van der Waals surface area contributed by atoms with E-state index in [2.05, 4.69) is 4.98 Å². The summed E-state index contributed by atoms with van der Waals surface area (Å²) in [5, 5.41) is 0. The van der Waals surface area contributed by atoms with Gasteiger partial charge in [0.05, 0.1) is 4.11 Å². The molecule has 0 saturated heterocycles. The molecule has 0 atom stereocenters. The molecule has 0 aliphatic rings. The van der Waals surface area contributed by atoms with E-state index in [9.17, 15) is 13.2 Å². The third-order valence-electron chi connectivity index (χ3n) is 0.872. The van der Waals surface area contributed by atoms with Crippen LogP contribution in [0.15, 0.2) is 18.1 Å². The second kappa shape index (κ2) is 2.41. The van der Waals surface area contributed by atoms with Crippen molar-refractivity contribution in [2.45, 2.75) is 6.18 Å². The van der Waals surface area contributed by atoms with Gasteiger partial charge in [0.1, 0.15) is 11.5 Å². The van der Waals surface area contributed by atoms with Crippen LogP contribution in [0.1, 0.15) is 9.81 Å². The van der Waals surface area contributed by atoms with Crippen LogP contribution in [0.4, 0.5) is 19.0 Å². The number of anilines is 1. The number of aromatic nitrogens is 1. The molecule has 2 N–H and O–H groups in total. The monoisotopic (exact) mass is 165 g/mol. The van der Waals surface area contributed by atoms with Gasteiger partial charge in [-0.25, -0.2) is 4.98 Å². The van der Waals surface area contributed by atoms with Crippen molar-refractivity contribution in [3.8, 4) is 0 Å². The summed E-state index contributed by atoms with van der Waals surface area (Å²) >= 11 is 0. The maximum Gasteiger partial charge on any atom is 0.433 e. The first-order valence-electron chi connectivity index (χ1n) is 4.05. The minimum atomic E-state index is -4.82. The minimum Gasteiger partial charge on any atom is -0.384 e. The highest BCUT2D eigenvalue weighted by Crippen LogP contribution is 2.27. The van der Waals surface area contributed by atoms with Gasteiger partial charge in [-0.2, -0.15) is 13.2 Å². The van der Waals surface area contributed by atoms with Crippen molar-refractivity contribution in [3.63, 3.8) is 0 Å². The Morgan fingerprint density at radius 3 is 2.64 bits per heavy atom. The van der Waals surface area contributed by atoms with Crippen LogP contribution in [0.2, 0.25) is 0 Å². The minimum absolute atomic E-state index is 0.664. The van der Waals surface area contributed by atoms with Crippen molar-refractivity contribution in [3.05, 3.63) is 23.8 Å². The SMILES string of the molecule is [2H]c1c(N)nc(C(F)(F)F)c([2H])c1[2H]. The smallest absolute Gasteiger partial charge is 0.384 e. The number of alkyl halides is 3. The van der Waals surface area contributed by atoms with Crippen LogP contribution in [-0.4, -0.2) is 4.98 Å². The van der Waals surface area contributed by atoms with Gasteiger partial charge in [0.2, 0.25) is 0 Å². The molecule has 5 heteroatoms. The Morgan fingerprint density at radius 2 is 2.09 bits per heavy atom. The molecular weight excluding hydrogens is 157 g/mol. The van der Waals surface area contributed by atoms with Crippen LogP contribution in [-0.2, 0) is 6.18 Å². The van der Waals surface area contributed by atoms with Gasteiger partial charge in [0.25, 0.3) is 0 Å². The van der Waals surface area contributed by atoms with E-state index in [4.69, 9.17) is 9.85 Å². The summed E-state index contributed by atoms with van der Waals surface area (Å²) in [5.41, 5.74) is 3.45. The first kappa shape index (κ1) is 4.58. The summed E-state index contributed by atoms with van der Waals surface area (Å²) in [4.78, 5) is 2.86. The molecule has 1 aromatic heterocycles. The number of hydrogen-bond acceptors (Lipinski definition) is 2. The van der Waals surface area contributed by atoms with Crippen LogP contribution in [0.25, 0.3) is 0 Å².